The first kappa shape index (κ1) is 24.9. The van der Waals surface area contributed by atoms with E-state index in [9.17, 15) is 19.2 Å². The van der Waals surface area contributed by atoms with Gasteiger partial charge in [-0.1, -0.05) is 18.2 Å². The van der Waals surface area contributed by atoms with Crippen LogP contribution in [0.4, 0.5) is 10.5 Å². The number of thioether (sulfide) groups is 1. The van der Waals surface area contributed by atoms with Gasteiger partial charge in [0.1, 0.15) is 18.1 Å². The van der Waals surface area contributed by atoms with E-state index in [1.807, 2.05) is 28.8 Å². The van der Waals surface area contributed by atoms with Crippen LogP contribution in [-0.4, -0.2) is 51.3 Å². The van der Waals surface area contributed by atoms with Gasteiger partial charge in [-0.05, 0) is 60.3 Å². The first-order valence-electron chi connectivity index (χ1n) is 11.4. The molecule has 2 aromatic heterocycles. The lowest BCUT2D eigenvalue weighted by molar-refractivity contribution is -0.127. The number of carboxylic acid groups (broad SMARTS) is 1. The maximum absolute atomic E-state index is 13.0. The average molecular weight is 532 g/mol. The molecule has 0 saturated carbocycles. The summed E-state index contributed by atoms with van der Waals surface area (Å²) >= 11 is 0.767. The molecule has 10 nitrogen and oxygen atoms in total. The number of carboxylic acids is 1. The molecule has 1 saturated heterocycles. The molecule has 1 fully saturated rings. The van der Waals surface area contributed by atoms with E-state index < -0.39 is 29.6 Å². The van der Waals surface area contributed by atoms with Crippen molar-refractivity contribution in [1.29, 1.82) is 0 Å². The van der Waals surface area contributed by atoms with Crippen LogP contribution in [0.1, 0.15) is 21.9 Å². The van der Waals surface area contributed by atoms with E-state index in [1.54, 1.807) is 42.6 Å². The van der Waals surface area contributed by atoms with Crippen molar-refractivity contribution in [3.8, 4) is 5.75 Å². The molecule has 3 heterocycles. The number of nitrogens with zero attached hydrogens (tertiary/aromatic N) is 2. The number of methoxy groups -OCH3 is 1. The van der Waals surface area contributed by atoms with Crippen LogP contribution in [0.5, 0.6) is 5.75 Å². The number of carbonyl (C=O) groups is 4. The molecule has 192 valence electrons. The number of ether oxygens (including phenoxy) is 1. The Morgan fingerprint density at radius 2 is 1.84 bits per heavy atom. The Balaban J connectivity index is 1.34. The number of para-hydroxylation sites is 1. The second kappa shape index (κ2) is 10.3. The van der Waals surface area contributed by atoms with E-state index in [0.717, 1.165) is 27.6 Å². The van der Waals surface area contributed by atoms with Crippen molar-refractivity contribution in [2.45, 2.75) is 6.54 Å². The third kappa shape index (κ3) is 5.04. The minimum Gasteiger partial charge on any atom is -0.497 e. The second-order valence-corrected chi connectivity index (χ2v) is 9.34. The van der Waals surface area contributed by atoms with E-state index in [2.05, 4.69) is 5.32 Å². The molecule has 4 aromatic rings. The van der Waals surface area contributed by atoms with Gasteiger partial charge >= 0.3 is 5.97 Å². The Morgan fingerprint density at radius 1 is 1.08 bits per heavy atom. The average Bonchev–Trinajstić information content (AvgIpc) is 3.59. The monoisotopic (exact) mass is 531 g/mol. The summed E-state index contributed by atoms with van der Waals surface area (Å²) in [6, 6.07) is 17.2. The fourth-order valence-electron chi connectivity index (χ4n) is 4.06. The first-order chi connectivity index (χ1) is 18.3. The molecule has 5 rings (SSSR count). The smallest absolute Gasteiger partial charge is 0.371 e. The van der Waals surface area contributed by atoms with Gasteiger partial charge in [-0.15, -0.1) is 0 Å². The van der Waals surface area contributed by atoms with E-state index in [4.69, 9.17) is 14.3 Å². The lowest BCUT2D eigenvalue weighted by Crippen LogP contribution is -2.36. The summed E-state index contributed by atoms with van der Waals surface area (Å²) in [5.41, 5.74) is 2.04. The van der Waals surface area contributed by atoms with Crippen molar-refractivity contribution >= 4 is 57.5 Å². The molecule has 1 aliphatic rings. The Labute approximate surface area is 220 Å². The number of nitrogens with one attached hydrogen (secondary N) is 1. The lowest BCUT2D eigenvalue weighted by atomic mass is 10.1. The summed E-state index contributed by atoms with van der Waals surface area (Å²) < 4.78 is 12.4. The summed E-state index contributed by atoms with van der Waals surface area (Å²) in [6.07, 6.45) is 3.42. The van der Waals surface area contributed by atoms with Gasteiger partial charge in [0.15, 0.2) is 0 Å². The highest BCUT2D eigenvalue weighted by molar-refractivity contribution is 8.18. The molecule has 3 amide bonds. The molecule has 0 unspecified atom stereocenters. The van der Waals surface area contributed by atoms with E-state index in [1.165, 1.54) is 13.2 Å². The fourth-order valence-corrected chi connectivity index (χ4v) is 4.89. The van der Waals surface area contributed by atoms with Gasteiger partial charge in [0, 0.05) is 28.4 Å². The Bertz CT molecular complexity index is 1600. The topological polar surface area (TPSA) is 131 Å². The van der Waals surface area contributed by atoms with Crippen molar-refractivity contribution in [1.82, 2.24) is 9.47 Å². The van der Waals surface area contributed by atoms with Crippen LogP contribution in [0.2, 0.25) is 0 Å². The molecule has 11 heteroatoms. The summed E-state index contributed by atoms with van der Waals surface area (Å²) in [4.78, 5) is 50.4. The van der Waals surface area contributed by atoms with Crippen molar-refractivity contribution in [3.63, 3.8) is 0 Å². The number of aromatic carboxylic acids is 1. The molecule has 1 aliphatic heterocycles. The van der Waals surface area contributed by atoms with Crippen molar-refractivity contribution < 1.29 is 33.4 Å². The van der Waals surface area contributed by atoms with Gasteiger partial charge in [-0.25, -0.2) is 4.79 Å². The SMILES string of the molecule is COc1ccc(NC(=O)CN2C(=O)S/C(=C\c3cn(Cc4ccc(C(=O)O)o4)c4ccccc34)C2=O)cc1. The zero-order chi connectivity index (χ0) is 26.8. The van der Waals surface area contributed by atoms with Gasteiger partial charge in [-0.2, -0.15) is 0 Å². The highest BCUT2D eigenvalue weighted by atomic mass is 32.2. The lowest BCUT2D eigenvalue weighted by Gasteiger charge is -2.12. The Kier molecular flexibility index (Phi) is 6.75. The number of rotatable bonds is 8. The maximum atomic E-state index is 13.0. The van der Waals surface area contributed by atoms with Gasteiger partial charge < -0.3 is 24.1 Å². The molecule has 0 spiro atoms. The number of anilines is 1. The number of fused-ring (bicyclic) bond motifs is 1. The van der Waals surface area contributed by atoms with Crippen LogP contribution in [0.3, 0.4) is 0 Å². The zero-order valence-electron chi connectivity index (χ0n) is 20.0. The number of amides is 3. The standard InChI is InChI=1S/C27H21N3O7S/c1-36-18-8-6-17(7-9-18)28-24(31)15-30-25(32)23(38-27(30)35)12-16-13-29(21-5-3-2-4-20(16)21)14-19-10-11-22(37-19)26(33)34/h2-13H,14-15H2,1H3,(H,28,31)(H,33,34)/b23-12-. The molecular weight excluding hydrogens is 510 g/mol. The number of benzene rings is 2. The van der Waals surface area contributed by atoms with Gasteiger partial charge in [0.25, 0.3) is 11.1 Å². The summed E-state index contributed by atoms with van der Waals surface area (Å²) in [6.45, 7) is -0.144. The van der Waals surface area contributed by atoms with E-state index in [0.29, 0.717) is 22.8 Å². The van der Waals surface area contributed by atoms with Crippen molar-refractivity contribution in [2.24, 2.45) is 0 Å². The predicted molar refractivity (Wildman–Crippen MR) is 141 cm³/mol. The zero-order valence-corrected chi connectivity index (χ0v) is 20.9. The van der Waals surface area contributed by atoms with Gasteiger partial charge in [0.05, 0.1) is 18.6 Å². The van der Waals surface area contributed by atoms with Crippen LogP contribution >= 0.6 is 11.8 Å². The Morgan fingerprint density at radius 3 is 2.55 bits per heavy atom. The number of hydrogen-bond donors (Lipinski definition) is 2. The molecule has 0 atom stereocenters. The highest BCUT2D eigenvalue weighted by Gasteiger charge is 2.36. The third-order valence-electron chi connectivity index (χ3n) is 5.85. The minimum atomic E-state index is -1.15. The molecule has 0 radical (unpaired) electrons. The predicted octanol–water partition coefficient (Wildman–Crippen LogP) is 4.66. The fraction of sp³-hybridized carbons (Fsp3) is 0.111. The van der Waals surface area contributed by atoms with Crippen LogP contribution in [0, 0.1) is 0 Å². The quantitative estimate of drug-likeness (QED) is 0.314. The molecule has 38 heavy (non-hydrogen) atoms. The van der Waals surface area contributed by atoms with E-state index in [-0.39, 0.29) is 17.2 Å². The molecule has 2 N–H and O–H groups in total. The second-order valence-electron chi connectivity index (χ2n) is 8.35. The third-order valence-corrected chi connectivity index (χ3v) is 6.76. The highest BCUT2D eigenvalue weighted by Crippen LogP contribution is 2.34. The van der Waals surface area contributed by atoms with Gasteiger partial charge in [0.2, 0.25) is 11.7 Å². The van der Waals surface area contributed by atoms with Crippen molar-refractivity contribution in [3.05, 3.63) is 88.8 Å². The molecule has 2 aromatic carbocycles. The van der Waals surface area contributed by atoms with Crippen LogP contribution in [0.15, 0.2) is 76.2 Å². The number of carbonyl (C=O) groups excluding carboxylic acids is 3. The first-order valence-corrected chi connectivity index (χ1v) is 12.2. The minimum absolute atomic E-state index is 0.151. The number of hydrogen-bond acceptors (Lipinski definition) is 7. The summed E-state index contributed by atoms with van der Waals surface area (Å²) in [5, 5.41) is 12.1. The summed E-state index contributed by atoms with van der Waals surface area (Å²) in [7, 11) is 1.54. The summed E-state index contributed by atoms with van der Waals surface area (Å²) in [5.74, 6) is -1.27. The van der Waals surface area contributed by atoms with Gasteiger partial charge in [-0.3, -0.25) is 19.3 Å². The van der Waals surface area contributed by atoms with Crippen LogP contribution < -0.4 is 10.1 Å². The molecular formula is C27H21N3O7S. The van der Waals surface area contributed by atoms with Crippen LogP contribution in [-0.2, 0) is 16.1 Å². The number of aromatic nitrogens is 1. The largest absolute Gasteiger partial charge is 0.497 e. The Hall–Kier alpha value is -4.77. The number of furan rings is 1. The molecule has 0 aliphatic carbocycles. The molecule has 0 bridgehead atoms. The van der Waals surface area contributed by atoms with Crippen LogP contribution in [0.25, 0.3) is 17.0 Å². The maximum Gasteiger partial charge on any atom is 0.371 e. The van der Waals surface area contributed by atoms with Crippen molar-refractivity contribution in [2.75, 3.05) is 19.0 Å². The normalized spacial score (nSPS) is 14.4. The van der Waals surface area contributed by atoms with E-state index >= 15 is 0 Å². The number of imide groups is 1.